The molecule has 0 amide bonds. The molecule has 2 rings (SSSR count). The van der Waals surface area contributed by atoms with Crippen molar-refractivity contribution in [1.29, 1.82) is 0 Å². The smallest absolute Gasteiger partial charge is 0.0626 e. The first-order valence-electron chi connectivity index (χ1n) is 4.87. The Bertz CT molecular complexity index is 392. The SMILES string of the molecule is ON(O)N(c1ccccc1)c1ccccc1. The number of hydrogen-bond donors (Lipinski definition) is 2. The number of hydrogen-bond acceptors (Lipinski definition) is 4. The van der Waals surface area contributed by atoms with Crippen LogP contribution in [-0.2, 0) is 0 Å². The van der Waals surface area contributed by atoms with Crippen LogP contribution >= 0.6 is 0 Å². The largest absolute Gasteiger partial charge is 0.271 e. The highest BCUT2D eigenvalue weighted by atomic mass is 16.8. The second kappa shape index (κ2) is 4.76. The van der Waals surface area contributed by atoms with Gasteiger partial charge in [0.25, 0.3) is 0 Å². The maximum Gasteiger partial charge on any atom is 0.0626 e. The molecule has 4 heteroatoms. The molecule has 0 saturated carbocycles. The van der Waals surface area contributed by atoms with Gasteiger partial charge >= 0.3 is 0 Å². The van der Waals surface area contributed by atoms with Crippen molar-refractivity contribution < 1.29 is 10.4 Å². The van der Waals surface area contributed by atoms with E-state index in [1.54, 1.807) is 24.3 Å². The average molecular weight is 216 g/mol. The Morgan fingerprint density at radius 3 is 1.31 bits per heavy atom. The molecule has 0 aromatic heterocycles. The van der Waals surface area contributed by atoms with Crippen molar-refractivity contribution in [3.63, 3.8) is 0 Å². The fraction of sp³-hybridized carbons (Fsp3) is 0. The molecule has 0 heterocycles. The predicted molar refractivity (Wildman–Crippen MR) is 60.4 cm³/mol. The maximum absolute atomic E-state index is 9.23. The molecule has 82 valence electrons. The van der Waals surface area contributed by atoms with Crippen LogP contribution in [0.15, 0.2) is 60.7 Å². The molecule has 0 radical (unpaired) electrons. The van der Waals surface area contributed by atoms with E-state index in [1.807, 2.05) is 36.4 Å². The zero-order valence-corrected chi connectivity index (χ0v) is 8.56. The van der Waals surface area contributed by atoms with Gasteiger partial charge < -0.3 is 0 Å². The van der Waals surface area contributed by atoms with Gasteiger partial charge in [0, 0.05) is 5.34 Å². The van der Waals surface area contributed by atoms with Gasteiger partial charge in [0.15, 0.2) is 0 Å². The highest BCUT2D eigenvalue weighted by Gasteiger charge is 2.13. The Hall–Kier alpha value is -1.88. The van der Waals surface area contributed by atoms with Gasteiger partial charge in [0.05, 0.1) is 11.4 Å². The number of benzene rings is 2. The minimum atomic E-state index is 0.0741. The molecule has 0 saturated heterocycles. The summed E-state index contributed by atoms with van der Waals surface area (Å²) in [4.78, 5) is 0. The van der Waals surface area contributed by atoms with Gasteiger partial charge in [-0.1, -0.05) is 36.4 Å². The predicted octanol–water partition coefficient (Wildman–Crippen LogP) is 2.82. The van der Waals surface area contributed by atoms with E-state index in [-0.39, 0.29) is 5.34 Å². The molecule has 2 aromatic carbocycles. The van der Waals surface area contributed by atoms with E-state index in [0.29, 0.717) is 11.4 Å². The van der Waals surface area contributed by atoms with Gasteiger partial charge in [0.2, 0.25) is 0 Å². The molecular formula is C12H12N2O2. The molecular weight excluding hydrogens is 204 g/mol. The molecule has 0 aliphatic rings. The van der Waals surface area contributed by atoms with Crippen LogP contribution in [-0.4, -0.2) is 15.8 Å². The summed E-state index contributed by atoms with van der Waals surface area (Å²) in [5.41, 5.74) is 1.33. The van der Waals surface area contributed by atoms with E-state index in [2.05, 4.69) is 0 Å². The Labute approximate surface area is 93.5 Å². The lowest BCUT2D eigenvalue weighted by atomic mass is 10.2. The van der Waals surface area contributed by atoms with E-state index in [9.17, 15) is 10.4 Å². The number of nitrogens with zero attached hydrogens (tertiary/aromatic N) is 2. The Kier molecular flexibility index (Phi) is 3.16. The van der Waals surface area contributed by atoms with Crippen molar-refractivity contribution in [2.45, 2.75) is 0 Å². The summed E-state index contributed by atoms with van der Waals surface area (Å²) in [6, 6.07) is 18.2. The number of hydrazine groups is 1. The van der Waals surface area contributed by atoms with Crippen molar-refractivity contribution >= 4 is 11.4 Å². The van der Waals surface area contributed by atoms with Crippen LogP contribution in [0.1, 0.15) is 0 Å². The van der Waals surface area contributed by atoms with Gasteiger partial charge in [-0.15, -0.1) is 0 Å². The molecule has 0 aliphatic heterocycles. The van der Waals surface area contributed by atoms with Crippen molar-refractivity contribution in [3.8, 4) is 0 Å². The summed E-state index contributed by atoms with van der Waals surface area (Å²) in [7, 11) is 0. The first-order chi connectivity index (χ1) is 7.79. The quantitative estimate of drug-likeness (QED) is 0.774. The second-order valence-corrected chi connectivity index (χ2v) is 3.25. The Balaban J connectivity index is 2.40. The minimum Gasteiger partial charge on any atom is -0.271 e. The van der Waals surface area contributed by atoms with E-state index < -0.39 is 0 Å². The second-order valence-electron chi connectivity index (χ2n) is 3.25. The van der Waals surface area contributed by atoms with Crippen LogP contribution in [0.25, 0.3) is 0 Å². The summed E-state index contributed by atoms with van der Waals surface area (Å²) < 4.78 is 0. The lowest BCUT2D eigenvalue weighted by Gasteiger charge is -2.26. The first-order valence-corrected chi connectivity index (χ1v) is 4.87. The monoisotopic (exact) mass is 216 g/mol. The molecule has 4 nitrogen and oxygen atoms in total. The molecule has 0 spiro atoms. The lowest BCUT2D eigenvalue weighted by Crippen LogP contribution is -2.33. The lowest BCUT2D eigenvalue weighted by molar-refractivity contribution is -0.307. The van der Waals surface area contributed by atoms with Crippen molar-refractivity contribution in [3.05, 3.63) is 60.7 Å². The zero-order chi connectivity index (χ0) is 11.4. The Morgan fingerprint density at radius 2 is 1.00 bits per heavy atom. The van der Waals surface area contributed by atoms with Crippen LogP contribution in [0.3, 0.4) is 0 Å². The van der Waals surface area contributed by atoms with Gasteiger partial charge in [-0.05, 0) is 24.3 Å². The summed E-state index contributed by atoms with van der Waals surface area (Å²) >= 11 is 0. The van der Waals surface area contributed by atoms with Crippen LogP contribution in [0.2, 0.25) is 0 Å². The summed E-state index contributed by atoms with van der Waals surface area (Å²) in [5.74, 6) is 0. The van der Waals surface area contributed by atoms with E-state index in [1.165, 1.54) is 5.01 Å². The number of rotatable bonds is 3. The molecule has 0 atom stereocenters. The third-order valence-electron chi connectivity index (χ3n) is 2.18. The van der Waals surface area contributed by atoms with E-state index in [4.69, 9.17) is 0 Å². The van der Waals surface area contributed by atoms with E-state index >= 15 is 0 Å². The maximum atomic E-state index is 9.23. The number of para-hydroxylation sites is 2. The molecule has 0 bridgehead atoms. The standard InChI is InChI=1S/C12H12N2O2/c15-14(16)13(11-7-3-1-4-8-11)12-9-5-2-6-10-12/h1-10,15-16H. The highest BCUT2D eigenvalue weighted by molar-refractivity contribution is 5.60. The summed E-state index contributed by atoms with van der Waals surface area (Å²) in [6.07, 6.45) is 0. The summed E-state index contributed by atoms with van der Waals surface area (Å²) in [6.45, 7) is 0. The number of anilines is 2. The fourth-order valence-corrected chi connectivity index (χ4v) is 1.49. The van der Waals surface area contributed by atoms with Crippen LogP contribution in [0, 0.1) is 0 Å². The van der Waals surface area contributed by atoms with Crippen molar-refractivity contribution in [2.24, 2.45) is 0 Å². The van der Waals surface area contributed by atoms with Crippen LogP contribution in [0.5, 0.6) is 0 Å². The molecule has 2 aromatic rings. The van der Waals surface area contributed by atoms with Crippen LogP contribution < -0.4 is 5.01 Å². The molecule has 2 N–H and O–H groups in total. The van der Waals surface area contributed by atoms with Gasteiger partial charge in [0.1, 0.15) is 0 Å². The van der Waals surface area contributed by atoms with Gasteiger partial charge in [-0.2, -0.15) is 0 Å². The third-order valence-corrected chi connectivity index (χ3v) is 2.18. The van der Waals surface area contributed by atoms with Crippen LogP contribution in [0.4, 0.5) is 11.4 Å². The molecule has 0 aliphatic carbocycles. The molecule has 16 heavy (non-hydrogen) atoms. The fourth-order valence-electron chi connectivity index (χ4n) is 1.49. The van der Waals surface area contributed by atoms with Crippen molar-refractivity contribution in [2.75, 3.05) is 5.01 Å². The third kappa shape index (κ3) is 2.20. The minimum absolute atomic E-state index is 0.0741. The van der Waals surface area contributed by atoms with Gasteiger partial charge in [-0.25, -0.2) is 5.01 Å². The normalized spacial score (nSPS) is 10.4. The van der Waals surface area contributed by atoms with E-state index in [0.717, 1.165) is 0 Å². The average Bonchev–Trinajstić information content (AvgIpc) is 2.31. The Morgan fingerprint density at radius 1 is 0.625 bits per heavy atom. The zero-order valence-electron chi connectivity index (χ0n) is 8.56. The van der Waals surface area contributed by atoms with Gasteiger partial charge in [-0.3, -0.25) is 10.4 Å². The molecule has 0 fully saturated rings. The summed E-state index contributed by atoms with van der Waals surface area (Å²) in [5, 5.41) is 19.8. The first kappa shape index (κ1) is 10.6. The van der Waals surface area contributed by atoms with Crippen molar-refractivity contribution in [1.82, 2.24) is 5.34 Å². The topological polar surface area (TPSA) is 46.9 Å². The highest BCUT2D eigenvalue weighted by Crippen LogP contribution is 2.24. The molecule has 0 unspecified atom stereocenters.